The number of hydrogen-bond donors (Lipinski definition) is 0. The van der Waals surface area contributed by atoms with Gasteiger partial charge in [-0.25, -0.2) is 0 Å². The van der Waals surface area contributed by atoms with E-state index in [1.54, 1.807) is 0 Å². The molecule has 0 nitrogen and oxygen atoms in total. The Morgan fingerprint density at radius 3 is 2.46 bits per heavy atom. The molecule has 0 heteroatoms. The van der Waals surface area contributed by atoms with Crippen LogP contribution in [0.15, 0.2) is 71.9 Å². The third-order valence-corrected chi connectivity index (χ3v) is 2.10. The van der Waals surface area contributed by atoms with Gasteiger partial charge in [0.1, 0.15) is 0 Å². The molecular formula is C13H12. The zero-order chi connectivity index (χ0) is 8.93. The Labute approximate surface area is 79.0 Å². The molecule has 0 saturated heterocycles. The SMILES string of the molecule is C1=CC=CC(C2=CCC=C2)=CC=C1. The van der Waals surface area contributed by atoms with Crippen LogP contribution in [-0.2, 0) is 0 Å². The average Bonchev–Trinajstić information content (AvgIpc) is 2.55. The van der Waals surface area contributed by atoms with Gasteiger partial charge in [-0.1, -0.05) is 60.8 Å². The molecule has 2 aliphatic carbocycles. The summed E-state index contributed by atoms with van der Waals surface area (Å²) in [6, 6.07) is 0. The topological polar surface area (TPSA) is 0 Å². The molecule has 0 unspecified atom stereocenters. The van der Waals surface area contributed by atoms with E-state index in [-0.39, 0.29) is 0 Å². The minimum Gasteiger partial charge on any atom is -0.0801 e. The minimum absolute atomic E-state index is 1.07. The molecule has 0 aromatic heterocycles. The van der Waals surface area contributed by atoms with Crippen molar-refractivity contribution >= 4 is 0 Å². The van der Waals surface area contributed by atoms with Gasteiger partial charge in [0.25, 0.3) is 0 Å². The van der Waals surface area contributed by atoms with Crippen LogP contribution < -0.4 is 0 Å². The van der Waals surface area contributed by atoms with E-state index < -0.39 is 0 Å². The first-order valence-corrected chi connectivity index (χ1v) is 4.55. The lowest BCUT2D eigenvalue weighted by atomic mass is 10.1. The van der Waals surface area contributed by atoms with Gasteiger partial charge in [0, 0.05) is 0 Å². The maximum absolute atomic E-state index is 2.25. The van der Waals surface area contributed by atoms with E-state index >= 15 is 0 Å². The lowest BCUT2D eigenvalue weighted by Crippen LogP contribution is -1.80. The van der Waals surface area contributed by atoms with Gasteiger partial charge in [0.2, 0.25) is 0 Å². The van der Waals surface area contributed by atoms with Crippen molar-refractivity contribution in [3.05, 3.63) is 71.9 Å². The molecule has 0 radical (unpaired) electrons. The molecule has 0 spiro atoms. The lowest BCUT2D eigenvalue weighted by molar-refractivity contribution is 1.43. The zero-order valence-corrected chi connectivity index (χ0v) is 7.48. The highest BCUT2D eigenvalue weighted by Gasteiger charge is 2.00. The first kappa shape index (κ1) is 8.06. The maximum Gasteiger partial charge on any atom is -0.0157 e. The summed E-state index contributed by atoms with van der Waals surface area (Å²) in [6.07, 6.45) is 22.2. The predicted molar refractivity (Wildman–Crippen MR) is 57.3 cm³/mol. The third kappa shape index (κ3) is 1.97. The fourth-order valence-electron chi connectivity index (χ4n) is 1.43. The van der Waals surface area contributed by atoms with Crippen molar-refractivity contribution in [2.75, 3.05) is 0 Å². The van der Waals surface area contributed by atoms with Crippen LogP contribution in [0, 0.1) is 0 Å². The van der Waals surface area contributed by atoms with Gasteiger partial charge in [-0.3, -0.25) is 0 Å². The largest absolute Gasteiger partial charge is 0.0801 e. The van der Waals surface area contributed by atoms with Crippen LogP contribution in [-0.4, -0.2) is 0 Å². The van der Waals surface area contributed by atoms with Crippen LogP contribution in [0.25, 0.3) is 0 Å². The fourth-order valence-corrected chi connectivity index (χ4v) is 1.43. The molecule has 0 aliphatic heterocycles. The summed E-state index contributed by atoms with van der Waals surface area (Å²) in [5.74, 6) is 0. The van der Waals surface area contributed by atoms with E-state index in [2.05, 4.69) is 42.5 Å². The first-order chi connectivity index (χ1) is 6.47. The summed E-state index contributed by atoms with van der Waals surface area (Å²) >= 11 is 0. The second kappa shape index (κ2) is 3.90. The third-order valence-electron chi connectivity index (χ3n) is 2.10. The van der Waals surface area contributed by atoms with Crippen molar-refractivity contribution in [2.45, 2.75) is 6.42 Å². The molecule has 2 aliphatic rings. The average molecular weight is 168 g/mol. The molecule has 0 fully saturated rings. The Kier molecular flexibility index (Phi) is 2.42. The molecular weight excluding hydrogens is 156 g/mol. The highest BCUT2D eigenvalue weighted by atomic mass is 14.1. The Balaban J connectivity index is 2.27. The summed E-state index contributed by atoms with van der Waals surface area (Å²) in [4.78, 5) is 0. The normalized spacial score (nSPS) is 19.7. The summed E-state index contributed by atoms with van der Waals surface area (Å²) in [5, 5.41) is 0. The second-order valence-corrected chi connectivity index (χ2v) is 3.05. The molecule has 0 atom stereocenters. The standard InChI is InChI=1S/C13H12/c1-2-4-8-12(9-5-3-1)13-10-6-7-11-13/h1-6,8-11H,7H2. The molecule has 13 heavy (non-hydrogen) atoms. The van der Waals surface area contributed by atoms with E-state index in [1.807, 2.05) is 18.2 Å². The van der Waals surface area contributed by atoms with Gasteiger partial charge in [-0.2, -0.15) is 0 Å². The molecule has 0 bridgehead atoms. The highest BCUT2D eigenvalue weighted by molar-refractivity contribution is 5.51. The second-order valence-electron chi connectivity index (χ2n) is 3.05. The molecule has 0 aromatic rings. The lowest BCUT2D eigenvalue weighted by Gasteiger charge is -1.99. The van der Waals surface area contributed by atoms with E-state index in [1.165, 1.54) is 11.1 Å². The summed E-state index contributed by atoms with van der Waals surface area (Å²) in [7, 11) is 0. The number of hydrogen-bond acceptors (Lipinski definition) is 0. The summed E-state index contributed by atoms with van der Waals surface area (Å²) in [5.41, 5.74) is 2.62. The molecule has 0 amide bonds. The highest BCUT2D eigenvalue weighted by Crippen LogP contribution is 2.19. The van der Waals surface area contributed by atoms with Gasteiger partial charge in [0.05, 0.1) is 0 Å². The van der Waals surface area contributed by atoms with Crippen LogP contribution in [0.1, 0.15) is 6.42 Å². The molecule has 0 N–H and O–H groups in total. The zero-order valence-electron chi connectivity index (χ0n) is 7.48. The van der Waals surface area contributed by atoms with Crippen molar-refractivity contribution in [3.8, 4) is 0 Å². The van der Waals surface area contributed by atoms with E-state index in [0.29, 0.717) is 0 Å². The molecule has 0 aromatic carbocycles. The van der Waals surface area contributed by atoms with Gasteiger partial charge >= 0.3 is 0 Å². The molecule has 0 saturated carbocycles. The molecule has 64 valence electrons. The Morgan fingerprint density at radius 2 is 1.62 bits per heavy atom. The Bertz CT molecular complexity index is 357. The monoisotopic (exact) mass is 168 g/mol. The molecule has 0 heterocycles. The number of allylic oxidation sites excluding steroid dienone is 12. The van der Waals surface area contributed by atoms with Gasteiger partial charge in [0.15, 0.2) is 0 Å². The van der Waals surface area contributed by atoms with Crippen molar-refractivity contribution in [1.82, 2.24) is 0 Å². The predicted octanol–water partition coefficient (Wildman–Crippen LogP) is 3.48. The van der Waals surface area contributed by atoms with Crippen molar-refractivity contribution in [3.63, 3.8) is 0 Å². The quantitative estimate of drug-likeness (QED) is 0.562. The van der Waals surface area contributed by atoms with Crippen molar-refractivity contribution < 1.29 is 0 Å². The first-order valence-electron chi connectivity index (χ1n) is 4.55. The van der Waals surface area contributed by atoms with E-state index in [9.17, 15) is 0 Å². The van der Waals surface area contributed by atoms with Crippen LogP contribution in [0.5, 0.6) is 0 Å². The number of rotatable bonds is 1. The summed E-state index contributed by atoms with van der Waals surface area (Å²) < 4.78 is 0. The van der Waals surface area contributed by atoms with Gasteiger partial charge < -0.3 is 0 Å². The van der Waals surface area contributed by atoms with E-state index in [4.69, 9.17) is 0 Å². The van der Waals surface area contributed by atoms with Crippen LogP contribution in [0.4, 0.5) is 0 Å². The Morgan fingerprint density at radius 1 is 0.769 bits per heavy atom. The van der Waals surface area contributed by atoms with Gasteiger partial charge in [-0.05, 0) is 17.6 Å². The molecule has 2 rings (SSSR count). The van der Waals surface area contributed by atoms with Crippen molar-refractivity contribution in [2.24, 2.45) is 0 Å². The van der Waals surface area contributed by atoms with Crippen LogP contribution >= 0.6 is 0 Å². The fraction of sp³-hybridized carbons (Fsp3) is 0.0769. The minimum atomic E-state index is 1.07. The Hall–Kier alpha value is -1.56. The van der Waals surface area contributed by atoms with E-state index in [0.717, 1.165) is 6.42 Å². The van der Waals surface area contributed by atoms with Crippen LogP contribution in [0.2, 0.25) is 0 Å². The smallest absolute Gasteiger partial charge is 0.0157 e. The summed E-state index contributed by atoms with van der Waals surface area (Å²) in [6.45, 7) is 0. The van der Waals surface area contributed by atoms with Crippen molar-refractivity contribution in [1.29, 1.82) is 0 Å². The maximum atomic E-state index is 2.25. The van der Waals surface area contributed by atoms with Crippen LogP contribution in [0.3, 0.4) is 0 Å². The van der Waals surface area contributed by atoms with Gasteiger partial charge in [-0.15, -0.1) is 0 Å².